The molecule has 0 saturated heterocycles. The topological polar surface area (TPSA) is 102 Å². The van der Waals surface area contributed by atoms with Gasteiger partial charge in [0.1, 0.15) is 0 Å². The Labute approximate surface area is 159 Å². The van der Waals surface area contributed by atoms with Gasteiger partial charge in [0.2, 0.25) is 10.0 Å². The fraction of sp³-hybridized carbons (Fsp3) is 0.263. The monoisotopic (exact) mass is 386 g/mol. The maximum absolute atomic E-state index is 12.3. The Morgan fingerprint density at radius 1 is 1.07 bits per heavy atom. The predicted octanol–water partition coefficient (Wildman–Crippen LogP) is 2.04. The minimum Gasteiger partial charge on any atom is -0.322 e. The van der Waals surface area contributed by atoms with Gasteiger partial charge in [0.25, 0.3) is 5.91 Å². The van der Waals surface area contributed by atoms with Gasteiger partial charge < -0.3 is 10.2 Å². The molecule has 1 amide bonds. The minimum atomic E-state index is -3.60. The van der Waals surface area contributed by atoms with E-state index in [-0.39, 0.29) is 10.8 Å². The highest BCUT2D eigenvalue weighted by Gasteiger charge is 2.14. The van der Waals surface area contributed by atoms with Crippen LogP contribution in [0.2, 0.25) is 0 Å². The summed E-state index contributed by atoms with van der Waals surface area (Å²) in [7, 11) is 0.255. The van der Waals surface area contributed by atoms with E-state index in [1.807, 2.05) is 25.1 Å². The highest BCUT2D eigenvalue weighted by atomic mass is 32.2. The zero-order chi connectivity index (χ0) is 19.9. The van der Waals surface area contributed by atoms with Gasteiger partial charge in [-0.05, 0) is 75.6 Å². The van der Waals surface area contributed by atoms with Crippen molar-refractivity contribution in [3.05, 3.63) is 59.7 Å². The van der Waals surface area contributed by atoms with Crippen molar-refractivity contribution in [1.82, 2.24) is 9.62 Å². The second-order valence-electron chi connectivity index (χ2n) is 6.22. The molecule has 0 bridgehead atoms. The standard InChI is InChI=1S/C19H22N4O3S/c1-23(2)13-3-12-21-27(25,26)18-10-6-16(7-11-18)19(24)22-17-8-4-15(14-20)5-9-17/h4-11,21H,3,12-13H2,1-2H3,(H,22,24). The maximum Gasteiger partial charge on any atom is 0.255 e. The molecule has 0 unspecified atom stereocenters. The molecule has 0 aliphatic heterocycles. The summed E-state index contributed by atoms with van der Waals surface area (Å²) in [5, 5.41) is 11.5. The number of hydrogen-bond donors (Lipinski definition) is 2. The van der Waals surface area contributed by atoms with Crippen molar-refractivity contribution in [2.24, 2.45) is 0 Å². The molecule has 0 aliphatic rings. The summed E-state index contributed by atoms with van der Waals surface area (Å²) in [5.41, 5.74) is 1.39. The van der Waals surface area contributed by atoms with Crippen LogP contribution in [-0.4, -0.2) is 46.4 Å². The van der Waals surface area contributed by atoms with Gasteiger partial charge in [-0.2, -0.15) is 5.26 Å². The molecule has 7 nitrogen and oxygen atoms in total. The number of hydrogen-bond acceptors (Lipinski definition) is 5. The Balaban J connectivity index is 1.98. The van der Waals surface area contributed by atoms with E-state index in [1.165, 1.54) is 24.3 Å². The summed E-state index contributed by atoms with van der Waals surface area (Å²) in [6, 6.07) is 14.2. The van der Waals surface area contributed by atoms with Crippen LogP contribution in [0.15, 0.2) is 53.4 Å². The van der Waals surface area contributed by atoms with Crippen molar-refractivity contribution in [2.75, 3.05) is 32.5 Å². The van der Waals surface area contributed by atoms with Crippen LogP contribution in [0.4, 0.5) is 5.69 Å². The molecular formula is C19H22N4O3S. The average Bonchev–Trinajstić information content (AvgIpc) is 2.66. The number of nitriles is 1. The normalized spacial score (nSPS) is 11.2. The van der Waals surface area contributed by atoms with Crippen molar-refractivity contribution >= 4 is 21.6 Å². The molecule has 8 heteroatoms. The third-order valence-corrected chi connectivity index (χ3v) is 5.25. The van der Waals surface area contributed by atoms with Gasteiger partial charge in [0.05, 0.1) is 16.5 Å². The first-order chi connectivity index (χ1) is 12.8. The first kappa shape index (κ1) is 20.6. The van der Waals surface area contributed by atoms with Gasteiger partial charge in [-0.1, -0.05) is 0 Å². The van der Waals surface area contributed by atoms with Crippen LogP contribution >= 0.6 is 0 Å². The van der Waals surface area contributed by atoms with E-state index in [0.717, 1.165) is 6.54 Å². The lowest BCUT2D eigenvalue weighted by Gasteiger charge is -2.11. The number of carbonyl (C=O) groups excluding carboxylic acids is 1. The van der Waals surface area contributed by atoms with Gasteiger partial charge in [0.15, 0.2) is 0 Å². The average molecular weight is 386 g/mol. The van der Waals surface area contributed by atoms with E-state index < -0.39 is 10.0 Å². The number of nitrogens with zero attached hydrogens (tertiary/aromatic N) is 2. The first-order valence-electron chi connectivity index (χ1n) is 8.38. The summed E-state index contributed by atoms with van der Waals surface area (Å²) >= 11 is 0. The molecular weight excluding hydrogens is 364 g/mol. The van der Waals surface area contributed by atoms with Crippen LogP contribution in [0.5, 0.6) is 0 Å². The third-order valence-electron chi connectivity index (χ3n) is 3.77. The Morgan fingerprint density at radius 2 is 1.70 bits per heavy atom. The van der Waals surface area contributed by atoms with E-state index in [4.69, 9.17) is 5.26 Å². The SMILES string of the molecule is CN(C)CCCNS(=O)(=O)c1ccc(C(=O)Nc2ccc(C#N)cc2)cc1. The van der Waals surface area contributed by atoms with Crippen LogP contribution in [0.3, 0.4) is 0 Å². The molecule has 0 radical (unpaired) electrons. The Morgan fingerprint density at radius 3 is 2.26 bits per heavy atom. The van der Waals surface area contributed by atoms with Crippen molar-refractivity contribution in [3.8, 4) is 6.07 Å². The Bertz CT molecular complexity index is 915. The smallest absolute Gasteiger partial charge is 0.255 e. The van der Waals surface area contributed by atoms with Crippen LogP contribution in [0.25, 0.3) is 0 Å². The maximum atomic E-state index is 12.3. The van der Waals surface area contributed by atoms with Crippen molar-refractivity contribution in [1.29, 1.82) is 5.26 Å². The lowest BCUT2D eigenvalue weighted by molar-refractivity contribution is 0.102. The number of rotatable bonds is 8. The van der Waals surface area contributed by atoms with Crippen LogP contribution in [-0.2, 0) is 10.0 Å². The van der Waals surface area contributed by atoms with E-state index in [0.29, 0.717) is 29.8 Å². The van der Waals surface area contributed by atoms with E-state index >= 15 is 0 Å². The lowest BCUT2D eigenvalue weighted by Crippen LogP contribution is -2.27. The number of nitrogens with one attached hydrogen (secondary N) is 2. The molecule has 27 heavy (non-hydrogen) atoms. The van der Waals surface area contributed by atoms with Crippen LogP contribution < -0.4 is 10.0 Å². The fourth-order valence-electron chi connectivity index (χ4n) is 2.30. The molecule has 0 aromatic heterocycles. The fourth-order valence-corrected chi connectivity index (χ4v) is 3.38. The van der Waals surface area contributed by atoms with Crippen molar-refractivity contribution in [2.45, 2.75) is 11.3 Å². The van der Waals surface area contributed by atoms with Gasteiger partial charge in [-0.3, -0.25) is 4.79 Å². The third kappa shape index (κ3) is 6.18. The molecule has 0 aliphatic carbocycles. The van der Waals surface area contributed by atoms with E-state index in [1.54, 1.807) is 24.3 Å². The zero-order valence-corrected chi connectivity index (χ0v) is 16.1. The first-order valence-corrected chi connectivity index (χ1v) is 9.86. The second-order valence-corrected chi connectivity index (χ2v) is 7.99. The molecule has 2 aromatic carbocycles. The summed E-state index contributed by atoms with van der Waals surface area (Å²) < 4.78 is 27.1. The van der Waals surface area contributed by atoms with E-state index in [9.17, 15) is 13.2 Å². The highest BCUT2D eigenvalue weighted by Crippen LogP contribution is 2.14. The molecule has 0 saturated carbocycles. The molecule has 2 aromatic rings. The second kappa shape index (κ2) is 9.28. The molecule has 142 valence electrons. The highest BCUT2D eigenvalue weighted by molar-refractivity contribution is 7.89. The predicted molar refractivity (Wildman–Crippen MR) is 104 cm³/mol. The van der Waals surface area contributed by atoms with Gasteiger partial charge in [0, 0.05) is 17.8 Å². The van der Waals surface area contributed by atoms with Crippen molar-refractivity contribution in [3.63, 3.8) is 0 Å². The van der Waals surface area contributed by atoms with Gasteiger partial charge in [-0.15, -0.1) is 0 Å². The number of carbonyl (C=O) groups is 1. The summed E-state index contributed by atoms with van der Waals surface area (Å²) in [5.74, 6) is -0.359. The summed E-state index contributed by atoms with van der Waals surface area (Å²) in [6.07, 6.45) is 0.706. The molecule has 0 atom stereocenters. The number of sulfonamides is 1. The zero-order valence-electron chi connectivity index (χ0n) is 15.3. The quantitative estimate of drug-likeness (QED) is 0.676. The molecule has 0 heterocycles. The largest absolute Gasteiger partial charge is 0.322 e. The van der Waals surface area contributed by atoms with Crippen molar-refractivity contribution < 1.29 is 13.2 Å². The Kier molecular flexibility index (Phi) is 7.07. The molecule has 0 fully saturated rings. The summed E-state index contributed by atoms with van der Waals surface area (Å²) in [4.78, 5) is 14.4. The minimum absolute atomic E-state index is 0.113. The molecule has 2 N–H and O–H groups in total. The van der Waals surface area contributed by atoms with Crippen LogP contribution in [0, 0.1) is 11.3 Å². The number of anilines is 1. The molecule has 2 rings (SSSR count). The lowest BCUT2D eigenvalue weighted by atomic mass is 10.2. The number of benzene rings is 2. The molecule has 0 spiro atoms. The Hall–Kier alpha value is -2.73. The van der Waals surface area contributed by atoms with Gasteiger partial charge in [-0.25, -0.2) is 13.1 Å². The van der Waals surface area contributed by atoms with Gasteiger partial charge >= 0.3 is 0 Å². The van der Waals surface area contributed by atoms with Crippen LogP contribution in [0.1, 0.15) is 22.3 Å². The summed E-state index contributed by atoms with van der Waals surface area (Å²) in [6.45, 7) is 1.14. The number of amides is 1. The van der Waals surface area contributed by atoms with E-state index in [2.05, 4.69) is 10.0 Å².